The Bertz CT molecular complexity index is 590. The third-order valence-corrected chi connectivity index (χ3v) is 5.97. The summed E-state index contributed by atoms with van der Waals surface area (Å²) in [6.45, 7) is 7.91. The summed E-state index contributed by atoms with van der Waals surface area (Å²) in [4.78, 5) is 0.199. The fourth-order valence-corrected chi connectivity index (χ4v) is 3.70. The third-order valence-electron chi connectivity index (χ3n) is 4.11. The maximum atomic E-state index is 12.2. The third kappa shape index (κ3) is 7.51. The van der Waals surface area contributed by atoms with E-state index >= 15 is 0 Å². The zero-order chi connectivity index (χ0) is 18.0. The van der Waals surface area contributed by atoms with Gasteiger partial charge in [-0.3, -0.25) is 0 Å². The van der Waals surface area contributed by atoms with Gasteiger partial charge in [-0.05, 0) is 43.4 Å². The van der Waals surface area contributed by atoms with Crippen molar-refractivity contribution in [1.82, 2.24) is 4.72 Å². The first-order chi connectivity index (χ1) is 11.4. The molecule has 0 heterocycles. The standard InChI is InChI=1S/C18H30ClNO3S/c1-4-6-8-16(5-2)14-23-12-7-11-20-24(21,22)17-10-9-15(3)18(19)13-17/h9-10,13,16,20H,4-8,11-12,14H2,1-3H3. The molecule has 0 fully saturated rings. The minimum atomic E-state index is -3.51. The van der Waals surface area contributed by atoms with E-state index in [-0.39, 0.29) is 4.90 Å². The maximum absolute atomic E-state index is 12.2. The number of hydrogen-bond acceptors (Lipinski definition) is 3. The summed E-state index contributed by atoms with van der Waals surface area (Å²) in [6.07, 6.45) is 5.43. The van der Waals surface area contributed by atoms with E-state index in [0.29, 0.717) is 30.5 Å². The van der Waals surface area contributed by atoms with Gasteiger partial charge in [-0.25, -0.2) is 13.1 Å². The normalized spacial score (nSPS) is 13.2. The lowest BCUT2D eigenvalue weighted by Gasteiger charge is -2.14. The van der Waals surface area contributed by atoms with E-state index in [1.54, 1.807) is 12.1 Å². The molecular formula is C18H30ClNO3S. The number of unbranched alkanes of at least 4 members (excludes halogenated alkanes) is 1. The van der Waals surface area contributed by atoms with Gasteiger partial charge in [0.05, 0.1) is 4.90 Å². The topological polar surface area (TPSA) is 55.4 Å². The molecule has 1 N–H and O–H groups in total. The summed E-state index contributed by atoms with van der Waals surface area (Å²) in [5.41, 5.74) is 0.859. The van der Waals surface area contributed by atoms with Crippen molar-refractivity contribution in [2.45, 2.75) is 57.8 Å². The fourth-order valence-electron chi connectivity index (χ4n) is 2.35. The molecule has 0 radical (unpaired) electrons. The quantitative estimate of drug-likeness (QED) is 0.545. The van der Waals surface area contributed by atoms with E-state index in [1.807, 2.05) is 6.92 Å². The fraction of sp³-hybridized carbons (Fsp3) is 0.667. The second kappa shape index (κ2) is 11.1. The number of ether oxygens (including phenoxy) is 1. The van der Waals surface area contributed by atoms with E-state index in [2.05, 4.69) is 18.6 Å². The van der Waals surface area contributed by atoms with Crippen LogP contribution in [0.15, 0.2) is 23.1 Å². The average molecular weight is 376 g/mol. The molecule has 1 atom stereocenters. The summed E-state index contributed by atoms with van der Waals surface area (Å²) in [5, 5.41) is 0.457. The Kier molecular flexibility index (Phi) is 9.89. The molecule has 0 aliphatic heterocycles. The SMILES string of the molecule is CCCCC(CC)COCCCNS(=O)(=O)c1ccc(C)c(Cl)c1. The molecule has 1 aromatic rings. The van der Waals surface area contributed by atoms with Crippen LogP contribution in [0.25, 0.3) is 0 Å². The van der Waals surface area contributed by atoms with Crippen LogP contribution in [0, 0.1) is 12.8 Å². The molecule has 138 valence electrons. The summed E-state index contributed by atoms with van der Waals surface area (Å²) in [7, 11) is -3.51. The van der Waals surface area contributed by atoms with Crippen LogP contribution in [0.5, 0.6) is 0 Å². The largest absolute Gasteiger partial charge is 0.381 e. The minimum absolute atomic E-state index is 0.199. The summed E-state index contributed by atoms with van der Waals surface area (Å²) in [5.74, 6) is 0.608. The molecule has 0 spiro atoms. The summed E-state index contributed by atoms with van der Waals surface area (Å²) < 4.78 is 32.7. The monoisotopic (exact) mass is 375 g/mol. The van der Waals surface area contributed by atoms with Gasteiger partial charge in [0.25, 0.3) is 0 Å². The molecule has 1 unspecified atom stereocenters. The Morgan fingerprint density at radius 3 is 2.62 bits per heavy atom. The van der Waals surface area contributed by atoms with Gasteiger partial charge in [-0.1, -0.05) is 50.8 Å². The van der Waals surface area contributed by atoms with E-state index in [0.717, 1.165) is 18.6 Å². The number of benzene rings is 1. The average Bonchev–Trinajstić information content (AvgIpc) is 2.55. The minimum Gasteiger partial charge on any atom is -0.381 e. The number of sulfonamides is 1. The number of rotatable bonds is 12. The van der Waals surface area contributed by atoms with E-state index < -0.39 is 10.0 Å². The van der Waals surface area contributed by atoms with Crippen LogP contribution < -0.4 is 4.72 Å². The van der Waals surface area contributed by atoms with Crippen molar-refractivity contribution < 1.29 is 13.2 Å². The van der Waals surface area contributed by atoms with Crippen LogP contribution in [-0.2, 0) is 14.8 Å². The van der Waals surface area contributed by atoms with Crippen LogP contribution in [0.4, 0.5) is 0 Å². The van der Waals surface area contributed by atoms with Crippen molar-refractivity contribution in [2.24, 2.45) is 5.92 Å². The van der Waals surface area contributed by atoms with E-state index in [9.17, 15) is 8.42 Å². The molecule has 0 saturated heterocycles. The number of nitrogens with one attached hydrogen (secondary N) is 1. The van der Waals surface area contributed by atoms with Gasteiger partial charge in [0.15, 0.2) is 0 Å². The Morgan fingerprint density at radius 1 is 1.25 bits per heavy atom. The van der Waals surface area contributed by atoms with Crippen LogP contribution in [0.1, 0.15) is 51.5 Å². The molecule has 0 aliphatic carbocycles. The van der Waals surface area contributed by atoms with Gasteiger partial charge in [0.2, 0.25) is 10.0 Å². The number of aryl methyl sites for hydroxylation is 1. The van der Waals surface area contributed by atoms with E-state index in [1.165, 1.54) is 25.3 Å². The highest BCUT2D eigenvalue weighted by molar-refractivity contribution is 7.89. The van der Waals surface area contributed by atoms with Crippen molar-refractivity contribution in [1.29, 1.82) is 0 Å². The smallest absolute Gasteiger partial charge is 0.240 e. The molecule has 0 aromatic heterocycles. The predicted molar refractivity (Wildman–Crippen MR) is 100 cm³/mol. The lowest BCUT2D eigenvalue weighted by atomic mass is 10.0. The summed E-state index contributed by atoms with van der Waals surface area (Å²) >= 11 is 5.99. The van der Waals surface area contributed by atoms with Crippen LogP contribution in [-0.4, -0.2) is 28.2 Å². The van der Waals surface area contributed by atoms with Crippen LogP contribution in [0.3, 0.4) is 0 Å². The van der Waals surface area contributed by atoms with Gasteiger partial charge < -0.3 is 4.74 Å². The molecule has 1 aromatic carbocycles. The predicted octanol–water partition coefficient (Wildman–Crippen LogP) is 4.55. The lowest BCUT2D eigenvalue weighted by Crippen LogP contribution is -2.25. The van der Waals surface area contributed by atoms with Crippen LogP contribution in [0.2, 0.25) is 5.02 Å². The molecule has 24 heavy (non-hydrogen) atoms. The molecule has 0 amide bonds. The Balaban J connectivity index is 2.30. The van der Waals surface area contributed by atoms with Crippen molar-refractivity contribution in [2.75, 3.05) is 19.8 Å². The Morgan fingerprint density at radius 2 is 2.00 bits per heavy atom. The van der Waals surface area contributed by atoms with Crippen molar-refractivity contribution in [3.8, 4) is 0 Å². The molecule has 0 aliphatic rings. The first-order valence-electron chi connectivity index (χ1n) is 8.74. The lowest BCUT2D eigenvalue weighted by molar-refractivity contribution is 0.0928. The highest BCUT2D eigenvalue weighted by Crippen LogP contribution is 2.19. The molecule has 0 bridgehead atoms. The van der Waals surface area contributed by atoms with Gasteiger partial charge in [-0.15, -0.1) is 0 Å². The van der Waals surface area contributed by atoms with Gasteiger partial charge >= 0.3 is 0 Å². The van der Waals surface area contributed by atoms with E-state index in [4.69, 9.17) is 16.3 Å². The first kappa shape index (κ1) is 21.4. The highest BCUT2D eigenvalue weighted by Gasteiger charge is 2.14. The molecule has 6 heteroatoms. The van der Waals surface area contributed by atoms with Crippen molar-refractivity contribution in [3.63, 3.8) is 0 Å². The zero-order valence-corrected chi connectivity index (χ0v) is 16.5. The number of hydrogen-bond donors (Lipinski definition) is 1. The molecule has 0 saturated carbocycles. The van der Waals surface area contributed by atoms with Crippen molar-refractivity contribution >= 4 is 21.6 Å². The van der Waals surface area contributed by atoms with Gasteiger partial charge in [-0.2, -0.15) is 0 Å². The van der Waals surface area contributed by atoms with Gasteiger partial charge in [0, 0.05) is 24.8 Å². The first-order valence-corrected chi connectivity index (χ1v) is 10.6. The second-order valence-electron chi connectivity index (χ2n) is 6.15. The Labute approximate surface area is 152 Å². The Hall–Kier alpha value is -0.620. The number of halogens is 1. The molecular weight excluding hydrogens is 346 g/mol. The molecule has 1 rings (SSSR count). The van der Waals surface area contributed by atoms with Gasteiger partial charge in [0.1, 0.15) is 0 Å². The highest BCUT2D eigenvalue weighted by atomic mass is 35.5. The summed E-state index contributed by atoms with van der Waals surface area (Å²) in [6, 6.07) is 4.76. The zero-order valence-electron chi connectivity index (χ0n) is 15.0. The molecule has 4 nitrogen and oxygen atoms in total. The second-order valence-corrected chi connectivity index (χ2v) is 8.33. The van der Waals surface area contributed by atoms with Crippen LogP contribution >= 0.6 is 11.6 Å². The van der Waals surface area contributed by atoms with Crippen molar-refractivity contribution in [3.05, 3.63) is 28.8 Å². The maximum Gasteiger partial charge on any atom is 0.240 e.